The summed E-state index contributed by atoms with van der Waals surface area (Å²) >= 11 is 0. The molecule has 0 aliphatic carbocycles. The molecule has 0 aromatic carbocycles. The second-order valence-electron chi connectivity index (χ2n) is 4.93. The van der Waals surface area contributed by atoms with E-state index in [4.69, 9.17) is 0 Å². The Morgan fingerprint density at radius 1 is 1.40 bits per heavy atom. The predicted molar refractivity (Wildman–Crippen MR) is 75.5 cm³/mol. The minimum Gasteiger partial charge on any atom is -0.295 e. The van der Waals surface area contributed by atoms with Crippen LogP contribution in [0.1, 0.15) is 24.4 Å². The van der Waals surface area contributed by atoms with Crippen LogP contribution in [-0.2, 0) is 6.42 Å². The molecule has 1 N–H and O–H groups in total. The van der Waals surface area contributed by atoms with Gasteiger partial charge in [-0.3, -0.25) is 14.5 Å². The van der Waals surface area contributed by atoms with Crippen molar-refractivity contribution >= 4 is 11.0 Å². The summed E-state index contributed by atoms with van der Waals surface area (Å²) in [7, 11) is 0. The molecular weight excluding hydrogens is 254 g/mol. The van der Waals surface area contributed by atoms with E-state index in [1.54, 1.807) is 29.2 Å². The third-order valence-corrected chi connectivity index (χ3v) is 3.29. The van der Waals surface area contributed by atoms with Crippen molar-refractivity contribution in [1.82, 2.24) is 24.7 Å². The maximum Gasteiger partial charge on any atom is 0.263 e. The molecule has 0 unspecified atom stereocenters. The van der Waals surface area contributed by atoms with Crippen molar-refractivity contribution in [2.45, 2.75) is 26.3 Å². The van der Waals surface area contributed by atoms with E-state index in [1.165, 1.54) is 0 Å². The minimum atomic E-state index is -0.0668. The monoisotopic (exact) mass is 269 g/mol. The Hall–Kier alpha value is -2.50. The van der Waals surface area contributed by atoms with E-state index in [0.29, 0.717) is 17.5 Å². The van der Waals surface area contributed by atoms with Gasteiger partial charge in [0.05, 0.1) is 11.1 Å². The SMILES string of the molecule is Cc1cc(C[C@@H](C)n2cnc3ncccc3c2=O)n[nH]1. The first-order chi connectivity index (χ1) is 9.65. The molecule has 0 radical (unpaired) electrons. The summed E-state index contributed by atoms with van der Waals surface area (Å²) in [4.78, 5) is 20.7. The van der Waals surface area contributed by atoms with Crippen LogP contribution in [0.15, 0.2) is 35.5 Å². The highest BCUT2D eigenvalue weighted by Gasteiger charge is 2.12. The van der Waals surface area contributed by atoms with Crippen LogP contribution >= 0.6 is 0 Å². The number of pyridine rings is 1. The predicted octanol–water partition coefficient (Wildman–Crippen LogP) is 1.63. The highest BCUT2D eigenvalue weighted by atomic mass is 16.1. The number of aromatic amines is 1. The van der Waals surface area contributed by atoms with Crippen molar-refractivity contribution in [2.24, 2.45) is 0 Å². The first-order valence-electron chi connectivity index (χ1n) is 6.48. The molecule has 0 amide bonds. The number of aryl methyl sites for hydroxylation is 1. The van der Waals surface area contributed by atoms with Crippen molar-refractivity contribution in [3.05, 3.63) is 52.5 Å². The second kappa shape index (κ2) is 4.88. The van der Waals surface area contributed by atoms with Gasteiger partial charge in [-0.2, -0.15) is 5.10 Å². The largest absolute Gasteiger partial charge is 0.295 e. The van der Waals surface area contributed by atoms with Crippen molar-refractivity contribution in [3.63, 3.8) is 0 Å². The Labute approximate surface area is 115 Å². The fourth-order valence-electron chi connectivity index (χ4n) is 2.27. The quantitative estimate of drug-likeness (QED) is 0.784. The summed E-state index contributed by atoms with van der Waals surface area (Å²) in [6, 6.07) is 5.47. The third-order valence-electron chi connectivity index (χ3n) is 3.29. The zero-order valence-electron chi connectivity index (χ0n) is 11.4. The molecule has 6 heteroatoms. The number of hydrogen-bond acceptors (Lipinski definition) is 4. The molecule has 0 saturated heterocycles. The Morgan fingerprint density at radius 3 is 3.00 bits per heavy atom. The summed E-state index contributed by atoms with van der Waals surface area (Å²) in [6.45, 7) is 3.94. The number of hydrogen-bond donors (Lipinski definition) is 1. The fraction of sp³-hybridized carbons (Fsp3) is 0.286. The normalized spacial score (nSPS) is 12.7. The average molecular weight is 269 g/mol. The van der Waals surface area contributed by atoms with E-state index < -0.39 is 0 Å². The maximum absolute atomic E-state index is 12.4. The number of nitrogens with one attached hydrogen (secondary N) is 1. The molecule has 0 spiro atoms. The van der Waals surface area contributed by atoms with Gasteiger partial charge < -0.3 is 0 Å². The van der Waals surface area contributed by atoms with Crippen LogP contribution in [0.2, 0.25) is 0 Å². The van der Waals surface area contributed by atoms with E-state index in [9.17, 15) is 4.79 Å². The van der Waals surface area contributed by atoms with Crippen LogP contribution < -0.4 is 5.56 Å². The fourth-order valence-corrected chi connectivity index (χ4v) is 2.27. The molecule has 20 heavy (non-hydrogen) atoms. The van der Waals surface area contributed by atoms with Gasteiger partial charge in [0.2, 0.25) is 0 Å². The molecular formula is C14H15N5O. The molecule has 3 rings (SSSR count). The zero-order valence-corrected chi connectivity index (χ0v) is 11.4. The highest BCUT2D eigenvalue weighted by Crippen LogP contribution is 2.12. The summed E-state index contributed by atoms with van der Waals surface area (Å²) in [5.74, 6) is 0. The van der Waals surface area contributed by atoms with Gasteiger partial charge in [-0.15, -0.1) is 0 Å². The van der Waals surface area contributed by atoms with Crippen LogP contribution in [0.5, 0.6) is 0 Å². The smallest absolute Gasteiger partial charge is 0.263 e. The van der Waals surface area contributed by atoms with Crippen LogP contribution in [0.25, 0.3) is 11.0 Å². The average Bonchev–Trinajstić information content (AvgIpc) is 2.84. The maximum atomic E-state index is 12.4. The molecule has 0 aliphatic rings. The Balaban J connectivity index is 1.97. The highest BCUT2D eigenvalue weighted by molar-refractivity contribution is 5.72. The van der Waals surface area contributed by atoms with Gasteiger partial charge >= 0.3 is 0 Å². The van der Waals surface area contributed by atoms with Gasteiger partial charge in [-0.1, -0.05) is 0 Å². The van der Waals surface area contributed by atoms with Gasteiger partial charge in [0.15, 0.2) is 5.65 Å². The molecule has 0 saturated carbocycles. The Morgan fingerprint density at radius 2 is 2.25 bits per heavy atom. The van der Waals surface area contributed by atoms with E-state index >= 15 is 0 Å². The lowest BCUT2D eigenvalue weighted by atomic mass is 10.1. The summed E-state index contributed by atoms with van der Waals surface area (Å²) in [5.41, 5.74) is 2.37. The standard InChI is InChI=1S/C14H15N5O/c1-9-6-11(18-17-9)7-10(2)19-8-16-13-12(14(19)20)4-3-5-15-13/h3-6,8,10H,7H2,1-2H3,(H,17,18)/t10-/m1/s1. The van der Waals surface area contributed by atoms with Gasteiger partial charge in [0.1, 0.15) is 6.33 Å². The van der Waals surface area contributed by atoms with E-state index in [2.05, 4.69) is 20.2 Å². The van der Waals surface area contributed by atoms with E-state index in [0.717, 1.165) is 11.4 Å². The van der Waals surface area contributed by atoms with Crippen molar-refractivity contribution in [3.8, 4) is 0 Å². The van der Waals surface area contributed by atoms with E-state index in [-0.39, 0.29) is 11.6 Å². The number of H-pyrrole nitrogens is 1. The molecule has 3 aromatic heterocycles. The lowest BCUT2D eigenvalue weighted by molar-refractivity contribution is 0.517. The third kappa shape index (κ3) is 2.20. The summed E-state index contributed by atoms with van der Waals surface area (Å²) in [5, 5.41) is 7.65. The summed E-state index contributed by atoms with van der Waals surface area (Å²) < 4.78 is 1.63. The lowest BCUT2D eigenvalue weighted by Crippen LogP contribution is -2.25. The minimum absolute atomic E-state index is 0.0118. The molecule has 3 heterocycles. The molecule has 0 aliphatic heterocycles. The Bertz CT molecular complexity index is 804. The van der Waals surface area contributed by atoms with Crippen molar-refractivity contribution < 1.29 is 0 Å². The number of aromatic nitrogens is 5. The number of nitrogens with zero attached hydrogens (tertiary/aromatic N) is 4. The molecule has 3 aromatic rings. The first kappa shape index (κ1) is 12.5. The van der Waals surface area contributed by atoms with Crippen LogP contribution in [0.3, 0.4) is 0 Å². The molecule has 6 nitrogen and oxygen atoms in total. The van der Waals surface area contributed by atoms with Crippen LogP contribution in [-0.4, -0.2) is 24.7 Å². The van der Waals surface area contributed by atoms with Crippen molar-refractivity contribution in [1.29, 1.82) is 0 Å². The topological polar surface area (TPSA) is 76.5 Å². The van der Waals surface area contributed by atoms with Crippen LogP contribution in [0, 0.1) is 6.92 Å². The zero-order chi connectivity index (χ0) is 14.1. The van der Waals surface area contributed by atoms with Gasteiger partial charge in [0, 0.05) is 24.4 Å². The number of rotatable bonds is 3. The first-order valence-corrected chi connectivity index (χ1v) is 6.48. The summed E-state index contributed by atoms with van der Waals surface area (Å²) in [6.07, 6.45) is 3.87. The molecule has 0 fully saturated rings. The van der Waals surface area contributed by atoms with Crippen molar-refractivity contribution in [2.75, 3.05) is 0 Å². The molecule has 102 valence electrons. The lowest BCUT2D eigenvalue weighted by Gasteiger charge is -2.13. The van der Waals surface area contributed by atoms with E-state index in [1.807, 2.05) is 19.9 Å². The molecule has 1 atom stereocenters. The van der Waals surface area contributed by atoms with Gasteiger partial charge in [-0.25, -0.2) is 9.97 Å². The Kier molecular flexibility index (Phi) is 3.06. The molecule has 0 bridgehead atoms. The van der Waals surface area contributed by atoms with Gasteiger partial charge in [-0.05, 0) is 32.0 Å². The van der Waals surface area contributed by atoms with Gasteiger partial charge in [0.25, 0.3) is 5.56 Å². The second-order valence-corrected chi connectivity index (χ2v) is 4.93. The number of fused-ring (bicyclic) bond motifs is 1. The van der Waals surface area contributed by atoms with Crippen LogP contribution in [0.4, 0.5) is 0 Å².